The van der Waals surface area contributed by atoms with Crippen LogP contribution in [0, 0.1) is 0 Å². The molecule has 0 fully saturated rings. The Morgan fingerprint density at radius 3 is 2.69 bits per heavy atom. The maximum atomic E-state index is 5.89. The van der Waals surface area contributed by atoms with Crippen molar-refractivity contribution < 1.29 is 0 Å². The van der Waals surface area contributed by atoms with Gasteiger partial charge >= 0.3 is 0 Å². The van der Waals surface area contributed by atoms with Gasteiger partial charge in [-0.1, -0.05) is 28.1 Å². The van der Waals surface area contributed by atoms with Gasteiger partial charge in [0, 0.05) is 4.47 Å². The highest BCUT2D eigenvalue weighted by Crippen LogP contribution is 2.15. The summed E-state index contributed by atoms with van der Waals surface area (Å²) in [6.45, 7) is 2.03. The summed E-state index contributed by atoms with van der Waals surface area (Å²) in [4.78, 5) is 0. The molecule has 2 N–H and O–H groups in total. The zero-order valence-corrected chi connectivity index (χ0v) is 10.6. The molecular weight excluding hydrogens is 268 g/mol. The molecule has 1 aromatic carbocycles. The average Bonchev–Trinajstić information content (AvgIpc) is 2.78. The van der Waals surface area contributed by atoms with Crippen molar-refractivity contribution in [3.8, 4) is 5.69 Å². The van der Waals surface area contributed by atoms with E-state index in [0.717, 1.165) is 22.3 Å². The zero-order chi connectivity index (χ0) is 11.5. The molecule has 2 rings (SSSR count). The summed E-state index contributed by atoms with van der Waals surface area (Å²) >= 11 is 3.39. The normalized spacial score (nSPS) is 12.7. The van der Waals surface area contributed by atoms with E-state index in [-0.39, 0.29) is 6.04 Å². The number of rotatable bonds is 3. The fourth-order valence-corrected chi connectivity index (χ4v) is 1.64. The van der Waals surface area contributed by atoms with Gasteiger partial charge in [-0.25, -0.2) is 4.68 Å². The Labute approximate surface area is 103 Å². The SMILES string of the molecule is CCC(N)c1cn(-c2ccc(Br)cc2)nn1. The third-order valence-electron chi connectivity index (χ3n) is 2.42. The summed E-state index contributed by atoms with van der Waals surface area (Å²) in [6, 6.07) is 7.84. The van der Waals surface area contributed by atoms with E-state index in [1.165, 1.54) is 0 Å². The van der Waals surface area contributed by atoms with Crippen LogP contribution in [-0.2, 0) is 0 Å². The number of hydrogen-bond acceptors (Lipinski definition) is 3. The summed E-state index contributed by atoms with van der Waals surface area (Å²) in [5.41, 5.74) is 7.69. The molecule has 1 heterocycles. The fourth-order valence-electron chi connectivity index (χ4n) is 1.38. The van der Waals surface area contributed by atoms with E-state index in [1.807, 2.05) is 37.4 Å². The average molecular weight is 281 g/mol. The smallest absolute Gasteiger partial charge is 0.0998 e. The summed E-state index contributed by atoms with van der Waals surface area (Å²) in [7, 11) is 0. The standard InChI is InChI=1S/C11H13BrN4/c1-2-10(13)11-7-16(15-14-11)9-5-3-8(12)4-6-9/h3-7,10H,2,13H2,1H3. The summed E-state index contributed by atoms with van der Waals surface area (Å²) in [6.07, 6.45) is 2.73. The molecule has 0 amide bonds. The molecule has 4 nitrogen and oxygen atoms in total. The molecule has 0 aliphatic heterocycles. The predicted octanol–water partition coefficient (Wildman–Crippen LogP) is 2.44. The van der Waals surface area contributed by atoms with Crippen molar-refractivity contribution in [1.29, 1.82) is 0 Å². The van der Waals surface area contributed by atoms with Crippen molar-refractivity contribution in [2.75, 3.05) is 0 Å². The van der Waals surface area contributed by atoms with E-state index < -0.39 is 0 Å². The highest BCUT2D eigenvalue weighted by atomic mass is 79.9. The lowest BCUT2D eigenvalue weighted by Crippen LogP contribution is -2.08. The molecule has 0 saturated carbocycles. The van der Waals surface area contributed by atoms with E-state index in [1.54, 1.807) is 4.68 Å². The van der Waals surface area contributed by atoms with Crippen molar-refractivity contribution in [2.24, 2.45) is 5.73 Å². The minimum Gasteiger partial charge on any atom is -0.323 e. The van der Waals surface area contributed by atoms with Gasteiger partial charge in [-0.3, -0.25) is 0 Å². The van der Waals surface area contributed by atoms with Crippen LogP contribution in [0.1, 0.15) is 25.1 Å². The van der Waals surface area contributed by atoms with Gasteiger partial charge in [-0.05, 0) is 30.7 Å². The van der Waals surface area contributed by atoms with Crippen LogP contribution in [0.25, 0.3) is 5.69 Å². The molecule has 0 bridgehead atoms. The number of benzene rings is 1. The lowest BCUT2D eigenvalue weighted by molar-refractivity contribution is 0.670. The lowest BCUT2D eigenvalue weighted by Gasteiger charge is -2.02. The van der Waals surface area contributed by atoms with Crippen LogP contribution in [0.15, 0.2) is 34.9 Å². The molecule has 5 heteroatoms. The minimum atomic E-state index is -0.0378. The largest absolute Gasteiger partial charge is 0.323 e. The summed E-state index contributed by atoms with van der Waals surface area (Å²) < 4.78 is 2.78. The van der Waals surface area contributed by atoms with Crippen LogP contribution >= 0.6 is 15.9 Å². The third-order valence-corrected chi connectivity index (χ3v) is 2.95. The van der Waals surface area contributed by atoms with Crippen molar-refractivity contribution in [3.05, 3.63) is 40.6 Å². The van der Waals surface area contributed by atoms with Gasteiger partial charge in [0.2, 0.25) is 0 Å². The maximum Gasteiger partial charge on any atom is 0.0998 e. The first-order chi connectivity index (χ1) is 7.70. The van der Waals surface area contributed by atoms with Gasteiger partial charge in [0.15, 0.2) is 0 Å². The van der Waals surface area contributed by atoms with E-state index in [2.05, 4.69) is 26.2 Å². The summed E-state index contributed by atoms with van der Waals surface area (Å²) in [5, 5.41) is 8.12. The molecule has 0 aliphatic rings. The van der Waals surface area contributed by atoms with Gasteiger partial charge in [0.05, 0.1) is 23.6 Å². The lowest BCUT2D eigenvalue weighted by atomic mass is 10.2. The van der Waals surface area contributed by atoms with Crippen LogP contribution in [0.4, 0.5) is 0 Å². The van der Waals surface area contributed by atoms with Gasteiger partial charge in [-0.15, -0.1) is 5.10 Å². The van der Waals surface area contributed by atoms with Crippen LogP contribution in [0.5, 0.6) is 0 Å². The van der Waals surface area contributed by atoms with Gasteiger partial charge < -0.3 is 5.73 Å². The Morgan fingerprint density at radius 2 is 2.06 bits per heavy atom. The number of nitrogens with zero attached hydrogens (tertiary/aromatic N) is 3. The minimum absolute atomic E-state index is 0.0378. The maximum absolute atomic E-state index is 5.89. The molecule has 0 radical (unpaired) electrons. The first-order valence-electron chi connectivity index (χ1n) is 5.14. The highest BCUT2D eigenvalue weighted by molar-refractivity contribution is 9.10. The van der Waals surface area contributed by atoms with Gasteiger partial charge in [-0.2, -0.15) is 0 Å². The molecule has 0 spiro atoms. The molecule has 84 valence electrons. The number of halogens is 1. The molecule has 16 heavy (non-hydrogen) atoms. The topological polar surface area (TPSA) is 56.7 Å². The summed E-state index contributed by atoms with van der Waals surface area (Å²) in [5.74, 6) is 0. The Bertz CT molecular complexity index is 463. The van der Waals surface area contributed by atoms with E-state index >= 15 is 0 Å². The van der Waals surface area contributed by atoms with Crippen molar-refractivity contribution in [2.45, 2.75) is 19.4 Å². The van der Waals surface area contributed by atoms with Gasteiger partial charge in [0.25, 0.3) is 0 Å². The zero-order valence-electron chi connectivity index (χ0n) is 8.97. The van der Waals surface area contributed by atoms with Crippen LogP contribution < -0.4 is 5.73 Å². The van der Waals surface area contributed by atoms with Gasteiger partial charge in [0.1, 0.15) is 0 Å². The Balaban J connectivity index is 2.28. The Kier molecular flexibility index (Phi) is 3.36. The highest BCUT2D eigenvalue weighted by Gasteiger charge is 2.08. The Morgan fingerprint density at radius 1 is 1.38 bits per heavy atom. The van der Waals surface area contributed by atoms with Crippen LogP contribution in [0.2, 0.25) is 0 Å². The first kappa shape index (κ1) is 11.3. The molecule has 1 aromatic heterocycles. The van der Waals surface area contributed by atoms with E-state index in [4.69, 9.17) is 5.73 Å². The fraction of sp³-hybridized carbons (Fsp3) is 0.273. The van der Waals surface area contributed by atoms with E-state index in [9.17, 15) is 0 Å². The van der Waals surface area contributed by atoms with Crippen molar-refractivity contribution in [1.82, 2.24) is 15.0 Å². The second kappa shape index (κ2) is 4.76. The predicted molar refractivity (Wildman–Crippen MR) is 66.3 cm³/mol. The van der Waals surface area contributed by atoms with Crippen LogP contribution in [-0.4, -0.2) is 15.0 Å². The third kappa shape index (κ3) is 2.31. The van der Waals surface area contributed by atoms with Crippen molar-refractivity contribution >= 4 is 15.9 Å². The number of aromatic nitrogens is 3. The molecule has 1 atom stereocenters. The number of nitrogens with two attached hydrogens (primary N) is 1. The second-order valence-electron chi connectivity index (χ2n) is 3.58. The monoisotopic (exact) mass is 280 g/mol. The van der Waals surface area contributed by atoms with E-state index in [0.29, 0.717) is 0 Å². The quantitative estimate of drug-likeness (QED) is 0.940. The second-order valence-corrected chi connectivity index (χ2v) is 4.49. The molecule has 2 aromatic rings. The van der Waals surface area contributed by atoms with Crippen molar-refractivity contribution in [3.63, 3.8) is 0 Å². The number of hydrogen-bond donors (Lipinski definition) is 1. The molecule has 0 aliphatic carbocycles. The molecular formula is C11H13BrN4. The molecule has 1 unspecified atom stereocenters. The molecule has 0 saturated heterocycles. The Hall–Kier alpha value is -1.20. The first-order valence-corrected chi connectivity index (χ1v) is 5.93. The van der Waals surface area contributed by atoms with Crippen LogP contribution in [0.3, 0.4) is 0 Å².